The molecule has 3 rings (SSSR count). The molecule has 0 bridgehead atoms. The lowest BCUT2D eigenvalue weighted by Crippen LogP contribution is -2.60. The molecule has 1 fully saturated rings. The van der Waals surface area contributed by atoms with Crippen molar-refractivity contribution in [1.82, 2.24) is 52.5 Å². The van der Waals surface area contributed by atoms with Gasteiger partial charge in [0.2, 0.25) is 47.3 Å². The SMILES string of the molecule is CC(C)C[C@@H]1NC(=O)[C@@H](NC(=O)[C@H](CCCN=C(N)N)NC(=O)[C@H](CCCCN)NC(=O)[C@H](C)NC(=O)[C@@H](N)Cc2cnc[nH]2)CCCCNC(=O)CNC(=O)[C@H](Cc2ccccc2)NC1=O. The highest BCUT2D eigenvalue weighted by Crippen LogP contribution is 2.12. The fraction of sp³-hybridized carbons (Fsp3) is 0.591. The number of hydrogen-bond donors (Lipinski definition) is 13. The number of benzene rings is 1. The van der Waals surface area contributed by atoms with Crippen molar-refractivity contribution in [1.29, 1.82) is 0 Å². The minimum Gasteiger partial charge on any atom is -0.370 e. The topological polar surface area (TPSA) is 378 Å². The third kappa shape index (κ3) is 20.6. The highest BCUT2D eigenvalue weighted by atomic mass is 16.2. The van der Waals surface area contributed by atoms with Gasteiger partial charge in [-0.15, -0.1) is 0 Å². The van der Waals surface area contributed by atoms with E-state index < -0.39 is 89.6 Å². The van der Waals surface area contributed by atoms with E-state index in [2.05, 4.69) is 57.5 Å². The van der Waals surface area contributed by atoms with Crippen LogP contribution in [0.5, 0.6) is 0 Å². The van der Waals surface area contributed by atoms with Gasteiger partial charge >= 0.3 is 0 Å². The molecule has 1 aliphatic heterocycles. The number of imidazole rings is 1. The Morgan fingerprint density at radius 1 is 0.806 bits per heavy atom. The van der Waals surface area contributed by atoms with Crippen molar-refractivity contribution in [2.24, 2.45) is 33.8 Å². The van der Waals surface area contributed by atoms with E-state index in [0.717, 1.165) is 5.56 Å². The van der Waals surface area contributed by atoms with Crippen LogP contribution in [0, 0.1) is 5.92 Å². The van der Waals surface area contributed by atoms with Crippen LogP contribution in [0.25, 0.3) is 0 Å². The number of carbonyl (C=O) groups is 8. The maximum Gasteiger partial charge on any atom is 0.243 e. The number of aromatic nitrogens is 2. The van der Waals surface area contributed by atoms with Gasteiger partial charge in [-0.3, -0.25) is 43.3 Å². The third-order valence-corrected chi connectivity index (χ3v) is 10.8. The molecular weight excluding hydrogens is 867 g/mol. The predicted molar refractivity (Wildman–Crippen MR) is 250 cm³/mol. The lowest BCUT2D eigenvalue weighted by molar-refractivity contribution is -0.136. The number of hydrogen-bond acceptors (Lipinski definition) is 12. The third-order valence-electron chi connectivity index (χ3n) is 10.8. The molecule has 67 heavy (non-hydrogen) atoms. The first kappa shape index (κ1) is 54.7. The molecule has 1 aliphatic rings. The Hall–Kier alpha value is -6.62. The van der Waals surface area contributed by atoms with E-state index in [4.69, 9.17) is 22.9 Å². The Morgan fingerprint density at radius 3 is 2.16 bits per heavy atom. The summed E-state index contributed by atoms with van der Waals surface area (Å²) in [5, 5.41) is 21.6. The second kappa shape index (κ2) is 29.1. The standard InChI is InChI=1S/C44H71N15O8/c1-26(2)20-34-43(67)59-35(21-28-12-5-4-6-13-28)39(63)52-24-36(60)50-18-10-8-15-32(42(66)58-34)56-41(65)33(16-11-19-51-44(47)48)57-40(64)31(14-7-9-17-45)55-37(61)27(3)54-38(62)30(46)22-29-23-49-25-53-29/h4-6,12-13,23,25-27,30-35H,7-11,14-22,24,45-46H2,1-3H3,(H,49,53)(H,50,60)(H,52,63)(H,54,62)(H,55,61)(H,56,65)(H,57,64)(H,58,66)(H,59,67)(H4,47,48,51)/t27-,30-,31-,32-,33-,34-,35-/m0/s1. The molecule has 0 radical (unpaired) electrons. The molecule has 1 saturated heterocycles. The first-order valence-corrected chi connectivity index (χ1v) is 22.9. The summed E-state index contributed by atoms with van der Waals surface area (Å²) >= 11 is 0. The molecule has 370 valence electrons. The van der Waals surface area contributed by atoms with Gasteiger partial charge < -0.3 is 70.5 Å². The summed E-state index contributed by atoms with van der Waals surface area (Å²) in [6, 6.07) is 1.02. The maximum absolute atomic E-state index is 14.3. The van der Waals surface area contributed by atoms with Crippen molar-refractivity contribution in [2.75, 3.05) is 26.2 Å². The Kier molecular flexibility index (Phi) is 23.8. The number of nitrogens with zero attached hydrogens (tertiary/aromatic N) is 2. The molecule has 0 aliphatic carbocycles. The summed E-state index contributed by atoms with van der Waals surface area (Å²) in [7, 11) is 0. The number of nitrogens with two attached hydrogens (primary N) is 4. The smallest absolute Gasteiger partial charge is 0.243 e. The van der Waals surface area contributed by atoms with Crippen LogP contribution in [0.3, 0.4) is 0 Å². The van der Waals surface area contributed by atoms with Crippen molar-refractivity contribution in [3.63, 3.8) is 0 Å². The van der Waals surface area contributed by atoms with Crippen molar-refractivity contribution < 1.29 is 38.4 Å². The van der Waals surface area contributed by atoms with Gasteiger partial charge in [-0.2, -0.15) is 0 Å². The van der Waals surface area contributed by atoms with E-state index in [9.17, 15) is 38.4 Å². The van der Waals surface area contributed by atoms with E-state index in [1.54, 1.807) is 24.3 Å². The monoisotopic (exact) mass is 938 g/mol. The Morgan fingerprint density at radius 2 is 1.49 bits per heavy atom. The van der Waals surface area contributed by atoms with Crippen molar-refractivity contribution in [2.45, 2.75) is 134 Å². The largest absolute Gasteiger partial charge is 0.370 e. The number of H-pyrrole nitrogens is 1. The van der Waals surface area contributed by atoms with E-state index in [0.29, 0.717) is 37.9 Å². The van der Waals surface area contributed by atoms with Crippen molar-refractivity contribution in [3.8, 4) is 0 Å². The summed E-state index contributed by atoms with van der Waals surface area (Å²) in [5.74, 6) is -5.39. The minimum atomic E-state index is -1.27. The summed E-state index contributed by atoms with van der Waals surface area (Å²) in [4.78, 5) is 120. The summed E-state index contributed by atoms with van der Waals surface area (Å²) in [6.45, 7) is 5.47. The van der Waals surface area contributed by atoms with Crippen LogP contribution in [0.2, 0.25) is 0 Å². The summed E-state index contributed by atoms with van der Waals surface area (Å²) < 4.78 is 0. The fourth-order valence-corrected chi connectivity index (χ4v) is 7.12. The highest BCUT2D eigenvalue weighted by molar-refractivity contribution is 5.97. The predicted octanol–water partition coefficient (Wildman–Crippen LogP) is -2.90. The number of unbranched alkanes of at least 4 members (excludes halogenated alkanes) is 1. The Balaban J connectivity index is 1.86. The van der Waals surface area contributed by atoms with Crippen LogP contribution >= 0.6 is 0 Å². The zero-order valence-corrected chi connectivity index (χ0v) is 38.7. The van der Waals surface area contributed by atoms with E-state index in [1.807, 2.05) is 19.9 Å². The van der Waals surface area contributed by atoms with Gasteiger partial charge in [0.25, 0.3) is 0 Å². The van der Waals surface area contributed by atoms with Crippen molar-refractivity contribution >= 4 is 53.2 Å². The van der Waals surface area contributed by atoms with Gasteiger partial charge in [0.05, 0.1) is 18.9 Å². The van der Waals surface area contributed by atoms with Crippen LogP contribution < -0.4 is 65.5 Å². The van der Waals surface area contributed by atoms with Crippen LogP contribution in [-0.2, 0) is 51.2 Å². The fourth-order valence-electron chi connectivity index (χ4n) is 7.12. The van der Waals surface area contributed by atoms with Crippen LogP contribution in [-0.4, -0.2) is 132 Å². The lowest BCUT2D eigenvalue weighted by atomic mass is 10.00. The number of carbonyl (C=O) groups excluding carboxylic acids is 8. The molecule has 1 aromatic heterocycles. The second-order valence-electron chi connectivity index (χ2n) is 17.0. The molecule has 0 unspecified atom stereocenters. The molecule has 23 nitrogen and oxygen atoms in total. The molecule has 8 amide bonds. The van der Waals surface area contributed by atoms with Crippen molar-refractivity contribution in [3.05, 3.63) is 54.1 Å². The molecule has 0 saturated carbocycles. The van der Waals surface area contributed by atoms with Gasteiger partial charge in [-0.05, 0) is 82.7 Å². The average molecular weight is 938 g/mol. The zero-order valence-electron chi connectivity index (χ0n) is 38.7. The van der Waals surface area contributed by atoms with Gasteiger partial charge in [0, 0.05) is 37.8 Å². The number of rotatable bonds is 22. The molecule has 7 atom stereocenters. The highest BCUT2D eigenvalue weighted by Gasteiger charge is 2.34. The maximum atomic E-state index is 14.3. The first-order valence-electron chi connectivity index (χ1n) is 22.9. The number of guanidine groups is 1. The Labute approximate surface area is 391 Å². The van der Waals surface area contributed by atoms with Gasteiger partial charge in [-0.25, -0.2) is 4.98 Å². The summed E-state index contributed by atoms with van der Waals surface area (Å²) in [6.07, 6.45) is 5.51. The number of aromatic amines is 1. The van der Waals surface area contributed by atoms with E-state index in [1.165, 1.54) is 19.4 Å². The van der Waals surface area contributed by atoms with Gasteiger partial charge in [0.1, 0.15) is 36.3 Å². The quantitative estimate of drug-likeness (QED) is 0.0321. The van der Waals surface area contributed by atoms with Gasteiger partial charge in [0.15, 0.2) is 5.96 Å². The second-order valence-corrected chi connectivity index (χ2v) is 17.0. The molecule has 17 N–H and O–H groups in total. The van der Waals surface area contributed by atoms with Crippen LogP contribution in [0.4, 0.5) is 0 Å². The van der Waals surface area contributed by atoms with E-state index in [-0.39, 0.29) is 76.5 Å². The number of aliphatic imine (C=N–C) groups is 1. The molecule has 0 spiro atoms. The molecule has 23 heteroatoms. The van der Waals surface area contributed by atoms with Crippen LogP contribution in [0.15, 0.2) is 47.8 Å². The number of amides is 8. The Bertz CT molecular complexity index is 1950. The van der Waals surface area contributed by atoms with Gasteiger partial charge in [-0.1, -0.05) is 44.2 Å². The summed E-state index contributed by atoms with van der Waals surface area (Å²) in [5.41, 5.74) is 24.2. The molecule has 1 aromatic carbocycles. The average Bonchev–Trinajstić information content (AvgIpc) is 3.80. The molecular formula is C44H71N15O8. The normalized spacial score (nSPS) is 19.2. The number of nitrogens with one attached hydrogen (secondary N) is 9. The zero-order chi connectivity index (χ0) is 49.3. The minimum absolute atomic E-state index is 0.00210. The molecule has 2 aromatic rings. The molecule has 2 heterocycles. The van der Waals surface area contributed by atoms with Crippen LogP contribution in [0.1, 0.15) is 89.8 Å². The van der Waals surface area contributed by atoms with E-state index >= 15 is 0 Å². The lowest BCUT2D eigenvalue weighted by Gasteiger charge is -2.28. The first-order chi connectivity index (χ1) is 32.0.